The van der Waals surface area contributed by atoms with Gasteiger partial charge in [0.05, 0.1) is 0 Å². The molecular weight excluding hydrogens is 372 g/mol. The fourth-order valence-corrected chi connectivity index (χ4v) is 4.76. The minimum absolute atomic E-state index is 0.0278. The molecule has 4 nitrogen and oxygen atoms in total. The van der Waals surface area contributed by atoms with Crippen LogP contribution in [-0.2, 0) is 6.61 Å². The third-order valence-corrected chi connectivity index (χ3v) is 6.46. The van der Waals surface area contributed by atoms with Crippen molar-refractivity contribution in [3.05, 3.63) is 77.9 Å². The van der Waals surface area contributed by atoms with E-state index in [9.17, 15) is 4.79 Å². The Morgan fingerprint density at radius 2 is 1.77 bits per heavy atom. The van der Waals surface area contributed by atoms with E-state index < -0.39 is 0 Å². The molecule has 0 spiro atoms. The second-order valence-corrected chi connectivity index (χ2v) is 8.65. The van der Waals surface area contributed by atoms with Crippen LogP contribution in [0, 0.1) is 5.92 Å². The summed E-state index contributed by atoms with van der Waals surface area (Å²) in [5, 5.41) is 5.42. The molecule has 154 valence electrons. The molecule has 1 atom stereocenters. The number of ether oxygens (including phenoxy) is 1. The van der Waals surface area contributed by atoms with E-state index in [1.807, 2.05) is 54.6 Å². The summed E-state index contributed by atoms with van der Waals surface area (Å²) >= 11 is 0. The second-order valence-electron chi connectivity index (χ2n) is 8.65. The lowest BCUT2D eigenvalue weighted by atomic mass is 9.94. The number of nitrogens with zero attached hydrogens (tertiary/aromatic N) is 1. The summed E-state index contributed by atoms with van der Waals surface area (Å²) in [5.41, 5.74) is 1.85. The smallest absolute Gasteiger partial charge is 0.251 e. The number of carbonyl (C=O) groups excluding carboxylic acids is 1. The van der Waals surface area contributed by atoms with Crippen molar-refractivity contribution in [2.24, 2.45) is 5.92 Å². The molecule has 3 aliphatic rings. The Bertz CT molecular complexity index is 1010. The van der Waals surface area contributed by atoms with Crippen LogP contribution in [0.3, 0.4) is 0 Å². The number of amides is 1. The Balaban J connectivity index is 1.29. The van der Waals surface area contributed by atoms with E-state index >= 15 is 0 Å². The normalized spacial score (nSPS) is 23.1. The topological polar surface area (TPSA) is 41.6 Å². The van der Waals surface area contributed by atoms with Crippen molar-refractivity contribution in [3.63, 3.8) is 0 Å². The molecule has 0 saturated carbocycles. The molecule has 3 fully saturated rings. The molecule has 3 aromatic carbocycles. The molecule has 0 radical (unpaired) electrons. The van der Waals surface area contributed by atoms with Crippen molar-refractivity contribution in [2.75, 3.05) is 19.6 Å². The van der Waals surface area contributed by atoms with Crippen LogP contribution in [0.1, 0.15) is 35.2 Å². The van der Waals surface area contributed by atoms with E-state index in [2.05, 4.69) is 22.3 Å². The summed E-state index contributed by atoms with van der Waals surface area (Å²) < 4.78 is 5.96. The highest BCUT2D eigenvalue weighted by Gasteiger charge is 2.29. The number of piperidine rings is 1. The molecule has 1 unspecified atom stereocenters. The van der Waals surface area contributed by atoms with Gasteiger partial charge in [0.1, 0.15) is 12.4 Å². The molecule has 3 aromatic rings. The summed E-state index contributed by atoms with van der Waals surface area (Å²) in [6, 6.07) is 22.4. The maximum atomic E-state index is 12.9. The molecule has 0 aromatic heterocycles. The van der Waals surface area contributed by atoms with Gasteiger partial charge in [-0.15, -0.1) is 0 Å². The van der Waals surface area contributed by atoms with Gasteiger partial charge >= 0.3 is 0 Å². The minimum atomic E-state index is 0.0278. The molecule has 30 heavy (non-hydrogen) atoms. The zero-order valence-electron chi connectivity index (χ0n) is 17.2. The maximum Gasteiger partial charge on any atom is 0.251 e. The van der Waals surface area contributed by atoms with Gasteiger partial charge in [0, 0.05) is 18.2 Å². The number of hydrogen-bond donors (Lipinski definition) is 1. The van der Waals surface area contributed by atoms with Crippen molar-refractivity contribution in [3.8, 4) is 5.75 Å². The van der Waals surface area contributed by atoms with Crippen LogP contribution in [0.5, 0.6) is 5.75 Å². The van der Waals surface area contributed by atoms with Gasteiger partial charge in [-0.25, -0.2) is 0 Å². The van der Waals surface area contributed by atoms with Gasteiger partial charge in [-0.05, 0) is 78.9 Å². The minimum Gasteiger partial charge on any atom is -0.489 e. The molecule has 2 bridgehead atoms. The van der Waals surface area contributed by atoms with E-state index in [4.69, 9.17) is 4.74 Å². The summed E-state index contributed by atoms with van der Waals surface area (Å²) in [7, 11) is 0. The molecule has 0 aliphatic carbocycles. The first-order chi connectivity index (χ1) is 14.7. The molecule has 3 saturated heterocycles. The van der Waals surface area contributed by atoms with E-state index in [1.165, 1.54) is 25.9 Å². The van der Waals surface area contributed by atoms with Crippen LogP contribution >= 0.6 is 0 Å². The monoisotopic (exact) mass is 400 g/mol. The van der Waals surface area contributed by atoms with Crippen molar-refractivity contribution in [1.29, 1.82) is 0 Å². The van der Waals surface area contributed by atoms with Crippen LogP contribution in [0.25, 0.3) is 10.8 Å². The Labute approximate surface area is 177 Å². The number of hydrogen-bond acceptors (Lipinski definition) is 3. The number of rotatable bonds is 5. The fourth-order valence-electron chi connectivity index (χ4n) is 4.76. The van der Waals surface area contributed by atoms with E-state index in [1.54, 1.807) is 0 Å². The fraction of sp³-hybridized carbons (Fsp3) is 0.346. The number of benzene rings is 3. The number of nitrogens with one attached hydrogen (secondary N) is 1. The zero-order valence-corrected chi connectivity index (χ0v) is 17.2. The summed E-state index contributed by atoms with van der Waals surface area (Å²) in [6.07, 6.45) is 3.65. The standard InChI is InChI=1S/C26H28N2O2/c29-26(27-24-14-19-10-12-28(17-24)13-11-19)22-7-6-21-8-9-25(16-23(21)15-22)30-18-20-4-2-1-3-5-20/h1-9,15-16,19,24H,10-14,17-18H2,(H,27,29). The lowest BCUT2D eigenvalue weighted by Crippen LogP contribution is -2.41. The quantitative estimate of drug-likeness (QED) is 0.679. The van der Waals surface area contributed by atoms with Crippen molar-refractivity contribution < 1.29 is 9.53 Å². The molecule has 6 rings (SSSR count). The van der Waals surface area contributed by atoms with Crippen LogP contribution in [0.4, 0.5) is 0 Å². The van der Waals surface area contributed by atoms with Gasteiger partial charge in [0.2, 0.25) is 0 Å². The first-order valence-electron chi connectivity index (χ1n) is 11.0. The van der Waals surface area contributed by atoms with Gasteiger partial charge in [0.25, 0.3) is 5.91 Å². The lowest BCUT2D eigenvalue weighted by molar-refractivity contribution is 0.0929. The highest BCUT2D eigenvalue weighted by Crippen LogP contribution is 2.27. The molecular formula is C26H28N2O2. The summed E-state index contributed by atoms with van der Waals surface area (Å²) in [4.78, 5) is 15.4. The van der Waals surface area contributed by atoms with Crippen LogP contribution in [0.15, 0.2) is 66.7 Å². The second kappa shape index (κ2) is 8.49. The van der Waals surface area contributed by atoms with Gasteiger partial charge in [0.15, 0.2) is 0 Å². The summed E-state index contributed by atoms with van der Waals surface area (Å²) in [6.45, 7) is 3.87. The highest BCUT2D eigenvalue weighted by atomic mass is 16.5. The Morgan fingerprint density at radius 1 is 0.967 bits per heavy atom. The highest BCUT2D eigenvalue weighted by molar-refractivity contribution is 5.99. The first kappa shape index (κ1) is 19.1. The molecule has 3 aliphatic heterocycles. The molecule has 1 amide bonds. The van der Waals surface area contributed by atoms with E-state index in [0.717, 1.165) is 41.0 Å². The average Bonchev–Trinajstić information content (AvgIpc) is 3.10. The maximum absolute atomic E-state index is 12.9. The van der Waals surface area contributed by atoms with E-state index in [-0.39, 0.29) is 11.9 Å². The summed E-state index contributed by atoms with van der Waals surface area (Å²) in [5.74, 6) is 1.60. The third kappa shape index (κ3) is 4.34. The average molecular weight is 401 g/mol. The van der Waals surface area contributed by atoms with E-state index in [0.29, 0.717) is 12.2 Å². The Hall–Kier alpha value is -2.85. The number of carbonyl (C=O) groups is 1. The zero-order chi connectivity index (χ0) is 20.3. The van der Waals surface area contributed by atoms with Gasteiger partial charge < -0.3 is 15.0 Å². The first-order valence-corrected chi connectivity index (χ1v) is 11.0. The van der Waals surface area contributed by atoms with Crippen molar-refractivity contribution >= 4 is 16.7 Å². The lowest BCUT2D eigenvalue weighted by Gasteiger charge is -2.26. The molecule has 4 heteroatoms. The SMILES string of the molecule is O=C(NC1CC2CCN(CC2)C1)c1ccc2ccc(OCc3ccccc3)cc2c1. The molecule has 3 heterocycles. The molecule has 1 N–H and O–H groups in total. The predicted octanol–water partition coefficient (Wildman–Crippen LogP) is 4.63. The van der Waals surface area contributed by atoms with Crippen LogP contribution in [0.2, 0.25) is 0 Å². The van der Waals surface area contributed by atoms with Crippen LogP contribution < -0.4 is 10.1 Å². The van der Waals surface area contributed by atoms with Crippen molar-refractivity contribution in [2.45, 2.75) is 31.9 Å². The predicted molar refractivity (Wildman–Crippen MR) is 120 cm³/mol. The number of fused-ring (bicyclic) bond motifs is 5. The third-order valence-electron chi connectivity index (χ3n) is 6.46. The largest absolute Gasteiger partial charge is 0.489 e. The van der Waals surface area contributed by atoms with Crippen molar-refractivity contribution in [1.82, 2.24) is 10.2 Å². The van der Waals surface area contributed by atoms with Gasteiger partial charge in [-0.1, -0.05) is 42.5 Å². The Kier molecular flexibility index (Phi) is 5.41. The van der Waals surface area contributed by atoms with Crippen LogP contribution in [-0.4, -0.2) is 36.5 Å². The van der Waals surface area contributed by atoms with Gasteiger partial charge in [-0.3, -0.25) is 4.79 Å². The Morgan fingerprint density at radius 3 is 2.60 bits per heavy atom. The van der Waals surface area contributed by atoms with Gasteiger partial charge in [-0.2, -0.15) is 0 Å².